The summed E-state index contributed by atoms with van der Waals surface area (Å²) in [5.41, 5.74) is -1.65. The maximum atomic E-state index is 12.5. The fraction of sp³-hybridized carbons (Fsp3) is 0.500. The van der Waals surface area contributed by atoms with Crippen LogP contribution in [0.4, 0.5) is 0 Å². The van der Waals surface area contributed by atoms with Gasteiger partial charge in [0.05, 0.1) is 11.5 Å². The van der Waals surface area contributed by atoms with Gasteiger partial charge in [-0.2, -0.15) is 0 Å². The summed E-state index contributed by atoms with van der Waals surface area (Å²) < 4.78 is 5.28. The molecule has 0 saturated carbocycles. The Labute approximate surface area is 129 Å². The summed E-state index contributed by atoms with van der Waals surface area (Å²) in [4.78, 5) is 23.6. The van der Waals surface area contributed by atoms with E-state index in [-0.39, 0.29) is 11.3 Å². The number of carbonyl (C=O) groups is 2. The minimum Gasteiger partial charge on any atom is -0.478 e. The van der Waals surface area contributed by atoms with Crippen LogP contribution in [0.25, 0.3) is 0 Å². The van der Waals surface area contributed by atoms with E-state index in [1.54, 1.807) is 39.8 Å². The Hall–Kier alpha value is -1.92. The van der Waals surface area contributed by atoms with Crippen LogP contribution in [0, 0.1) is 5.92 Å². The van der Waals surface area contributed by atoms with Crippen molar-refractivity contribution in [1.29, 1.82) is 0 Å². The lowest BCUT2D eigenvalue weighted by atomic mass is 9.87. The molecule has 1 saturated heterocycles. The van der Waals surface area contributed by atoms with Gasteiger partial charge in [-0.3, -0.25) is 4.79 Å². The Bertz CT molecular complexity index is 608. The third kappa shape index (κ3) is 2.71. The van der Waals surface area contributed by atoms with E-state index in [1.807, 2.05) is 0 Å². The van der Waals surface area contributed by atoms with E-state index < -0.39 is 28.9 Å². The minimum atomic E-state index is -1.17. The largest absolute Gasteiger partial charge is 0.478 e. The molecule has 0 amide bonds. The van der Waals surface area contributed by atoms with Crippen LogP contribution < -0.4 is 4.74 Å². The number of carbonyl (C=O) groups excluding carboxylic acids is 1. The lowest BCUT2D eigenvalue weighted by molar-refractivity contribution is -0.248. The number of esters is 1. The van der Waals surface area contributed by atoms with Gasteiger partial charge >= 0.3 is 11.9 Å². The Morgan fingerprint density at radius 1 is 1.23 bits per heavy atom. The second kappa shape index (κ2) is 5.37. The molecule has 119 valence electrons. The van der Waals surface area contributed by atoms with Gasteiger partial charge in [-0.15, -0.1) is 10.3 Å². The molecule has 1 heterocycles. The molecule has 1 fully saturated rings. The fourth-order valence-corrected chi connectivity index (χ4v) is 3.04. The molecule has 0 aromatic heterocycles. The van der Waals surface area contributed by atoms with Gasteiger partial charge in [-0.25, -0.2) is 4.79 Å². The second-order valence-electron chi connectivity index (χ2n) is 6.74. The highest BCUT2D eigenvalue weighted by molar-refractivity contribution is 5.92. The lowest BCUT2D eigenvalue weighted by Crippen LogP contribution is -2.48. The molecule has 1 unspecified atom stereocenters. The molecule has 1 aliphatic rings. The fourth-order valence-electron chi connectivity index (χ4n) is 3.04. The van der Waals surface area contributed by atoms with Gasteiger partial charge in [0, 0.05) is 5.54 Å². The van der Waals surface area contributed by atoms with Gasteiger partial charge in [-0.05, 0) is 46.2 Å². The zero-order valence-corrected chi connectivity index (χ0v) is 13.1. The van der Waals surface area contributed by atoms with Crippen molar-refractivity contribution in [2.24, 2.45) is 5.92 Å². The van der Waals surface area contributed by atoms with Gasteiger partial charge in [0.2, 0.25) is 0 Å². The van der Waals surface area contributed by atoms with E-state index in [2.05, 4.69) is 0 Å². The Morgan fingerprint density at radius 3 is 2.32 bits per heavy atom. The average molecular weight is 306 g/mol. The van der Waals surface area contributed by atoms with Crippen molar-refractivity contribution >= 4 is 11.9 Å². The summed E-state index contributed by atoms with van der Waals surface area (Å²) in [6.45, 7) is 6.95. The number of hydrogen-bond acceptors (Lipinski definition) is 4. The first kappa shape index (κ1) is 16.5. The van der Waals surface area contributed by atoms with Crippen molar-refractivity contribution in [3.8, 4) is 5.75 Å². The number of ether oxygens (including phenoxy) is 1. The number of para-hydroxylation sites is 1. The van der Waals surface area contributed by atoms with Gasteiger partial charge < -0.3 is 9.84 Å². The molecule has 1 aromatic rings. The van der Waals surface area contributed by atoms with Crippen molar-refractivity contribution in [2.45, 2.75) is 45.2 Å². The van der Waals surface area contributed by atoms with Crippen LogP contribution in [0.15, 0.2) is 24.3 Å². The van der Waals surface area contributed by atoms with Crippen LogP contribution in [-0.2, 0) is 10.0 Å². The molecule has 1 aromatic carbocycles. The maximum Gasteiger partial charge on any atom is 0.339 e. The predicted octanol–water partition coefficient (Wildman–Crippen LogP) is 2.51. The molecular weight excluding hydrogens is 286 g/mol. The van der Waals surface area contributed by atoms with E-state index in [1.165, 1.54) is 12.1 Å². The quantitative estimate of drug-likeness (QED) is 0.685. The SMILES string of the molecule is CC1(C)CC(C(=O)Oc2ccccc2C(=O)O)C(C)(C)N1[O]. The number of benzene rings is 1. The number of aromatic carboxylic acids is 1. The summed E-state index contributed by atoms with van der Waals surface area (Å²) >= 11 is 0. The molecule has 0 spiro atoms. The van der Waals surface area contributed by atoms with Crippen LogP contribution in [0.5, 0.6) is 5.75 Å². The molecule has 1 N–H and O–H groups in total. The van der Waals surface area contributed by atoms with Crippen molar-refractivity contribution in [3.63, 3.8) is 0 Å². The predicted molar refractivity (Wildman–Crippen MR) is 77.8 cm³/mol. The van der Waals surface area contributed by atoms with Gasteiger partial charge in [0.15, 0.2) is 0 Å². The highest BCUT2D eigenvalue weighted by Gasteiger charge is 2.56. The molecule has 1 radical (unpaired) electrons. The maximum absolute atomic E-state index is 12.5. The zero-order valence-electron chi connectivity index (χ0n) is 13.1. The van der Waals surface area contributed by atoms with Crippen molar-refractivity contribution in [1.82, 2.24) is 5.06 Å². The van der Waals surface area contributed by atoms with E-state index in [4.69, 9.17) is 9.84 Å². The topological polar surface area (TPSA) is 86.7 Å². The first-order valence-corrected chi connectivity index (χ1v) is 7.09. The van der Waals surface area contributed by atoms with Crippen LogP contribution in [0.3, 0.4) is 0 Å². The van der Waals surface area contributed by atoms with E-state index in [0.29, 0.717) is 6.42 Å². The standard InChI is InChI=1S/C16H20NO5/c1-15(2)9-11(16(3,4)17(15)21)14(20)22-12-8-6-5-7-10(12)13(18)19/h5-8,11H,9H2,1-4H3,(H,18,19). The lowest BCUT2D eigenvalue weighted by Gasteiger charge is -2.32. The van der Waals surface area contributed by atoms with Crippen LogP contribution >= 0.6 is 0 Å². The minimum absolute atomic E-state index is 0.00189. The number of rotatable bonds is 3. The first-order valence-electron chi connectivity index (χ1n) is 7.09. The Balaban J connectivity index is 2.26. The number of hydroxylamine groups is 2. The van der Waals surface area contributed by atoms with Crippen LogP contribution in [-0.4, -0.2) is 33.2 Å². The van der Waals surface area contributed by atoms with Crippen molar-refractivity contribution in [3.05, 3.63) is 29.8 Å². The summed E-state index contributed by atoms with van der Waals surface area (Å²) in [5, 5.41) is 22.4. The third-order valence-electron chi connectivity index (χ3n) is 4.24. The molecular formula is C16H20NO5. The van der Waals surface area contributed by atoms with Crippen LogP contribution in [0.1, 0.15) is 44.5 Å². The summed E-state index contributed by atoms with van der Waals surface area (Å²) in [6, 6.07) is 5.96. The molecule has 22 heavy (non-hydrogen) atoms. The molecule has 2 rings (SSSR count). The number of carboxylic acids is 1. The van der Waals surface area contributed by atoms with Gasteiger partial charge in [-0.1, -0.05) is 12.1 Å². The Morgan fingerprint density at radius 2 is 1.82 bits per heavy atom. The molecule has 0 aliphatic carbocycles. The van der Waals surface area contributed by atoms with Gasteiger partial charge in [0.25, 0.3) is 0 Å². The summed E-state index contributed by atoms with van der Waals surface area (Å²) in [7, 11) is 0. The molecule has 0 bridgehead atoms. The first-order chi connectivity index (χ1) is 10.1. The second-order valence-corrected chi connectivity index (χ2v) is 6.74. The van der Waals surface area contributed by atoms with E-state index >= 15 is 0 Å². The normalized spacial score (nSPS) is 23.2. The van der Waals surface area contributed by atoms with Crippen LogP contribution in [0.2, 0.25) is 0 Å². The highest BCUT2D eigenvalue weighted by atomic mass is 16.5. The summed E-state index contributed by atoms with van der Waals surface area (Å²) in [5.74, 6) is -2.37. The average Bonchev–Trinajstić information content (AvgIpc) is 2.59. The zero-order chi connectivity index (χ0) is 16.7. The summed E-state index contributed by atoms with van der Waals surface area (Å²) in [6.07, 6.45) is 0.359. The highest BCUT2D eigenvalue weighted by Crippen LogP contribution is 2.44. The monoisotopic (exact) mass is 306 g/mol. The third-order valence-corrected chi connectivity index (χ3v) is 4.24. The van der Waals surface area contributed by atoms with Gasteiger partial charge in [0.1, 0.15) is 11.3 Å². The van der Waals surface area contributed by atoms with E-state index in [9.17, 15) is 14.8 Å². The molecule has 1 atom stereocenters. The number of nitrogens with zero attached hydrogens (tertiary/aromatic N) is 1. The number of carboxylic acid groups (broad SMARTS) is 1. The van der Waals surface area contributed by atoms with E-state index in [0.717, 1.165) is 5.06 Å². The molecule has 6 heteroatoms. The molecule has 1 aliphatic heterocycles. The molecule has 6 nitrogen and oxygen atoms in total. The number of hydrogen-bond donors (Lipinski definition) is 1. The van der Waals surface area contributed by atoms with Crippen molar-refractivity contribution in [2.75, 3.05) is 0 Å². The van der Waals surface area contributed by atoms with Crippen molar-refractivity contribution < 1.29 is 24.6 Å². The smallest absolute Gasteiger partial charge is 0.339 e. The Kier molecular flexibility index (Phi) is 4.02.